The van der Waals surface area contributed by atoms with Crippen LogP contribution in [0.25, 0.3) is 0 Å². The Morgan fingerprint density at radius 1 is 1.44 bits per heavy atom. The van der Waals surface area contributed by atoms with Gasteiger partial charge >= 0.3 is 0 Å². The van der Waals surface area contributed by atoms with Gasteiger partial charge in [0.1, 0.15) is 0 Å². The number of nitrogen functional groups attached to an aromatic ring is 1. The maximum Gasteiger partial charge on any atom is 0.231 e. The third kappa shape index (κ3) is 1.94. The van der Waals surface area contributed by atoms with Gasteiger partial charge in [-0.05, 0) is 13.1 Å². The summed E-state index contributed by atoms with van der Waals surface area (Å²) in [7, 11) is 1.80. The molecule has 0 aliphatic carbocycles. The minimum Gasteiger partial charge on any atom is -0.454 e. The molecule has 0 bridgehead atoms. The highest BCUT2D eigenvalue weighted by molar-refractivity contribution is 6.01. The van der Waals surface area contributed by atoms with Crippen molar-refractivity contribution in [3.8, 4) is 11.5 Å². The van der Waals surface area contributed by atoms with E-state index in [1.54, 1.807) is 19.2 Å². The molecule has 0 fully saturated rings. The highest BCUT2D eigenvalue weighted by Crippen LogP contribution is 2.36. The molecule has 0 radical (unpaired) electrons. The van der Waals surface area contributed by atoms with E-state index in [1.807, 2.05) is 0 Å². The van der Waals surface area contributed by atoms with Crippen molar-refractivity contribution >= 4 is 11.5 Å². The minimum absolute atomic E-state index is 0.00477. The molecule has 1 aliphatic heterocycles. The molecule has 1 aliphatic rings. The highest BCUT2D eigenvalue weighted by Gasteiger charge is 2.19. The van der Waals surface area contributed by atoms with E-state index in [2.05, 4.69) is 5.32 Å². The first-order valence-corrected chi connectivity index (χ1v) is 5.09. The van der Waals surface area contributed by atoms with E-state index in [0.29, 0.717) is 35.7 Å². The summed E-state index contributed by atoms with van der Waals surface area (Å²) >= 11 is 0. The van der Waals surface area contributed by atoms with E-state index in [9.17, 15) is 4.79 Å². The molecule has 1 aromatic carbocycles. The van der Waals surface area contributed by atoms with Crippen LogP contribution in [0.15, 0.2) is 12.1 Å². The first kappa shape index (κ1) is 10.8. The predicted molar refractivity (Wildman–Crippen MR) is 59.9 cm³/mol. The van der Waals surface area contributed by atoms with Crippen LogP contribution in [0.4, 0.5) is 5.69 Å². The number of benzene rings is 1. The molecule has 86 valence electrons. The van der Waals surface area contributed by atoms with Crippen molar-refractivity contribution in [2.75, 3.05) is 26.1 Å². The lowest BCUT2D eigenvalue weighted by atomic mass is 10.1. The van der Waals surface area contributed by atoms with Crippen LogP contribution in [0, 0.1) is 0 Å². The largest absolute Gasteiger partial charge is 0.454 e. The zero-order chi connectivity index (χ0) is 11.5. The molecule has 16 heavy (non-hydrogen) atoms. The van der Waals surface area contributed by atoms with E-state index in [4.69, 9.17) is 15.2 Å². The first-order chi connectivity index (χ1) is 7.72. The molecule has 1 heterocycles. The second-order valence-electron chi connectivity index (χ2n) is 3.57. The topological polar surface area (TPSA) is 73.6 Å². The van der Waals surface area contributed by atoms with Crippen LogP contribution in [-0.2, 0) is 0 Å². The lowest BCUT2D eigenvalue weighted by molar-refractivity contribution is 0.0983. The maximum absolute atomic E-state index is 11.8. The average Bonchev–Trinajstić information content (AvgIpc) is 2.71. The van der Waals surface area contributed by atoms with Crippen molar-refractivity contribution in [2.24, 2.45) is 0 Å². The molecular formula is C11H14N2O3. The number of fused-ring (bicyclic) bond motifs is 1. The molecule has 5 heteroatoms. The summed E-state index contributed by atoms with van der Waals surface area (Å²) < 4.78 is 10.4. The van der Waals surface area contributed by atoms with E-state index in [-0.39, 0.29) is 12.6 Å². The predicted octanol–water partition coefficient (Wildman–Crippen LogP) is 0.790. The Kier molecular flexibility index (Phi) is 2.96. The smallest absolute Gasteiger partial charge is 0.231 e. The number of ether oxygens (including phenoxy) is 2. The lowest BCUT2D eigenvalue weighted by Gasteiger charge is -2.06. The molecule has 0 unspecified atom stereocenters. The molecule has 0 saturated carbocycles. The number of hydrogen-bond acceptors (Lipinski definition) is 5. The second-order valence-corrected chi connectivity index (χ2v) is 3.57. The van der Waals surface area contributed by atoms with Gasteiger partial charge in [0.05, 0.1) is 0 Å². The fourth-order valence-corrected chi connectivity index (χ4v) is 1.57. The van der Waals surface area contributed by atoms with Gasteiger partial charge < -0.3 is 20.5 Å². The van der Waals surface area contributed by atoms with E-state index in [1.165, 1.54) is 0 Å². The number of ketones is 1. The fraction of sp³-hybridized carbons (Fsp3) is 0.364. The van der Waals surface area contributed by atoms with E-state index >= 15 is 0 Å². The summed E-state index contributed by atoms with van der Waals surface area (Å²) in [6.07, 6.45) is 0.417. The third-order valence-corrected chi connectivity index (χ3v) is 2.45. The molecule has 0 amide bonds. The zero-order valence-corrected chi connectivity index (χ0v) is 9.08. The van der Waals surface area contributed by atoms with Crippen molar-refractivity contribution in [2.45, 2.75) is 6.42 Å². The van der Waals surface area contributed by atoms with Gasteiger partial charge in [-0.25, -0.2) is 0 Å². The number of rotatable bonds is 4. The third-order valence-electron chi connectivity index (χ3n) is 2.45. The first-order valence-electron chi connectivity index (χ1n) is 5.09. The molecule has 1 aromatic rings. The lowest BCUT2D eigenvalue weighted by Crippen LogP contribution is -2.14. The van der Waals surface area contributed by atoms with Crippen LogP contribution in [0.1, 0.15) is 16.8 Å². The summed E-state index contributed by atoms with van der Waals surface area (Å²) in [5, 5.41) is 2.92. The number of carbonyl (C=O) groups is 1. The van der Waals surface area contributed by atoms with Crippen LogP contribution in [0.2, 0.25) is 0 Å². The van der Waals surface area contributed by atoms with Gasteiger partial charge in [-0.3, -0.25) is 4.79 Å². The normalized spacial score (nSPS) is 12.8. The molecule has 3 N–H and O–H groups in total. The summed E-state index contributed by atoms with van der Waals surface area (Å²) in [5.74, 6) is 1.19. The summed E-state index contributed by atoms with van der Waals surface area (Å²) in [6, 6.07) is 3.28. The highest BCUT2D eigenvalue weighted by atomic mass is 16.7. The Labute approximate surface area is 93.5 Å². The van der Waals surface area contributed by atoms with Crippen molar-refractivity contribution < 1.29 is 14.3 Å². The number of hydrogen-bond donors (Lipinski definition) is 2. The molecule has 0 aromatic heterocycles. The zero-order valence-electron chi connectivity index (χ0n) is 9.08. The number of Topliss-reactive ketones (excluding diaryl/α,β-unsaturated/α-hetero) is 1. The molecule has 2 rings (SSSR count). The van der Waals surface area contributed by atoms with Crippen LogP contribution >= 0.6 is 0 Å². The average molecular weight is 222 g/mol. The quantitative estimate of drug-likeness (QED) is 0.582. The second kappa shape index (κ2) is 4.40. The van der Waals surface area contributed by atoms with Crippen LogP contribution < -0.4 is 20.5 Å². The van der Waals surface area contributed by atoms with Gasteiger partial charge in [0.25, 0.3) is 0 Å². The minimum atomic E-state index is 0.00477. The monoisotopic (exact) mass is 222 g/mol. The van der Waals surface area contributed by atoms with Gasteiger partial charge in [-0.15, -0.1) is 0 Å². The maximum atomic E-state index is 11.8. The number of nitrogens with two attached hydrogens (primary N) is 1. The van der Waals surface area contributed by atoms with Gasteiger partial charge in [0.2, 0.25) is 6.79 Å². The molecule has 0 spiro atoms. The van der Waals surface area contributed by atoms with E-state index < -0.39 is 0 Å². The van der Waals surface area contributed by atoms with Crippen molar-refractivity contribution in [3.05, 3.63) is 17.7 Å². The van der Waals surface area contributed by atoms with Gasteiger partial charge in [0.15, 0.2) is 17.3 Å². The summed E-state index contributed by atoms with van der Waals surface area (Å²) in [6.45, 7) is 0.815. The van der Waals surface area contributed by atoms with Crippen molar-refractivity contribution in [1.29, 1.82) is 0 Å². The van der Waals surface area contributed by atoms with Crippen molar-refractivity contribution in [1.82, 2.24) is 5.32 Å². The number of anilines is 1. The van der Waals surface area contributed by atoms with Crippen LogP contribution in [0.5, 0.6) is 11.5 Å². The van der Waals surface area contributed by atoms with Crippen LogP contribution in [-0.4, -0.2) is 26.2 Å². The fourth-order valence-electron chi connectivity index (χ4n) is 1.57. The van der Waals surface area contributed by atoms with Crippen molar-refractivity contribution in [3.63, 3.8) is 0 Å². The summed E-state index contributed by atoms with van der Waals surface area (Å²) in [5.41, 5.74) is 6.72. The Hall–Kier alpha value is -1.75. The van der Waals surface area contributed by atoms with Gasteiger partial charge in [-0.2, -0.15) is 0 Å². The molecule has 5 nitrogen and oxygen atoms in total. The van der Waals surface area contributed by atoms with E-state index in [0.717, 1.165) is 0 Å². The Morgan fingerprint density at radius 2 is 2.12 bits per heavy atom. The Balaban J connectivity index is 2.24. The van der Waals surface area contributed by atoms with Gasteiger partial charge in [-0.1, -0.05) is 0 Å². The standard InChI is InChI=1S/C11H14N2O3/c1-13-3-2-9(14)7-4-10-11(5-8(7)12)16-6-15-10/h4-5,13H,2-3,6,12H2,1H3. The number of nitrogens with one attached hydrogen (secondary N) is 1. The SMILES string of the molecule is CNCCC(=O)c1cc2c(cc1N)OCO2. The van der Waals surface area contributed by atoms with Crippen LogP contribution in [0.3, 0.4) is 0 Å². The molecule has 0 atom stereocenters. The molecular weight excluding hydrogens is 208 g/mol. The summed E-state index contributed by atoms with van der Waals surface area (Å²) in [4.78, 5) is 11.8. The number of carbonyl (C=O) groups excluding carboxylic acids is 1. The molecule has 0 saturated heterocycles. The Morgan fingerprint density at radius 3 is 2.81 bits per heavy atom. The Bertz CT molecular complexity index is 418. The van der Waals surface area contributed by atoms with Gasteiger partial charge in [0, 0.05) is 30.3 Å².